The van der Waals surface area contributed by atoms with Crippen LogP contribution in [-0.2, 0) is 16.6 Å². The lowest BCUT2D eigenvalue weighted by Gasteiger charge is -2.39. The van der Waals surface area contributed by atoms with Gasteiger partial charge in [0.05, 0.1) is 4.90 Å². The largest absolute Gasteiger partial charge is 0.454 e. The van der Waals surface area contributed by atoms with Crippen molar-refractivity contribution in [3.05, 3.63) is 53.6 Å². The van der Waals surface area contributed by atoms with E-state index in [1.54, 1.807) is 30.3 Å². The van der Waals surface area contributed by atoms with Crippen molar-refractivity contribution in [3.8, 4) is 11.5 Å². The van der Waals surface area contributed by atoms with Crippen LogP contribution in [0.5, 0.6) is 11.5 Å². The van der Waals surface area contributed by atoms with E-state index in [-0.39, 0.29) is 30.2 Å². The van der Waals surface area contributed by atoms with Crippen LogP contribution in [0.4, 0.5) is 0 Å². The molecule has 2 saturated heterocycles. The highest BCUT2D eigenvalue weighted by Gasteiger charge is 2.44. The van der Waals surface area contributed by atoms with E-state index in [0.29, 0.717) is 23.0 Å². The first-order valence-corrected chi connectivity index (χ1v) is 13.2. The normalized spacial score (nSPS) is 27.6. The van der Waals surface area contributed by atoms with E-state index >= 15 is 0 Å². The minimum Gasteiger partial charge on any atom is -0.454 e. The second kappa shape index (κ2) is 8.02. The lowest BCUT2D eigenvalue weighted by molar-refractivity contribution is 0.0632. The molecular weight excluding hydrogens is 440 g/mol. The fourth-order valence-electron chi connectivity index (χ4n) is 6.31. The van der Waals surface area contributed by atoms with E-state index in [1.165, 1.54) is 31.4 Å². The average Bonchev–Trinajstić information content (AvgIpc) is 3.19. The Hall–Kier alpha value is -2.58. The molecule has 5 aliphatic rings. The van der Waals surface area contributed by atoms with Crippen molar-refractivity contribution >= 4 is 15.9 Å². The van der Waals surface area contributed by atoms with Crippen LogP contribution in [0.1, 0.15) is 48.0 Å². The molecule has 2 atom stereocenters. The molecule has 2 saturated carbocycles. The third-order valence-electron chi connectivity index (χ3n) is 7.66. The molecule has 0 aromatic heterocycles. The molecule has 4 bridgehead atoms. The number of ether oxygens (including phenoxy) is 2. The number of hydrogen-bond acceptors (Lipinski definition) is 5. The molecule has 3 aliphatic heterocycles. The number of carbonyl (C=O) groups is 1. The van der Waals surface area contributed by atoms with Gasteiger partial charge < -0.3 is 14.4 Å². The van der Waals surface area contributed by atoms with Crippen LogP contribution in [-0.4, -0.2) is 38.6 Å². The highest BCUT2D eigenvalue weighted by Crippen LogP contribution is 2.47. The average molecular weight is 469 g/mol. The second-order valence-electron chi connectivity index (χ2n) is 9.93. The molecule has 2 aromatic rings. The van der Waals surface area contributed by atoms with Crippen molar-refractivity contribution in [2.24, 2.45) is 17.8 Å². The maximum absolute atomic E-state index is 13.5. The quantitative estimate of drug-likeness (QED) is 0.726. The van der Waals surface area contributed by atoms with E-state index in [1.807, 2.05) is 4.90 Å². The topological polar surface area (TPSA) is 84.9 Å². The third-order valence-corrected chi connectivity index (χ3v) is 9.06. The fourth-order valence-corrected chi connectivity index (χ4v) is 7.37. The summed E-state index contributed by atoms with van der Waals surface area (Å²) in [4.78, 5) is 15.6. The summed E-state index contributed by atoms with van der Waals surface area (Å²) in [5, 5.41) is 0. The molecule has 2 aromatic carbocycles. The number of nitrogens with zero attached hydrogens (tertiary/aromatic N) is 1. The Morgan fingerprint density at radius 1 is 0.939 bits per heavy atom. The Kier molecular flexibility index (Phi) is 5.10. The van der Waals surface area contributed by atoms with Gasteiger partial charge in [-0.25, -0.2) is 13.1 Å². The van der Waals surface area contributed by atoms with Crippen molar-refractivity contribution < 1.29 is 22.7 Å². The van der Waals surface area contributed by atoms with Crippen LogP contribution in [0.2, 0.25) is 0 Å². The zero-order valence-electron chi connectivity index (χ0n) is 18.4. The van der Waals surface area contributed by atoms with Gasteiger partial charge in [0.15, 0.2) is 11.5 Å². The van der Waals surface area contributed by atoms with E-state index in [2.05, 4.69) is 4.72 Å². The summed E-state index contributed by atoms with van der Waals surface area (Å²) < 4.78 is 39.3. The Balaban J connectivity index is 1.19. The molecule has 0 spiro atoms. The summed E-state index contributed by atoms with van der Waals surface area (Å²) in [5.41, 5.74) is 1.22. The van der Waals surface area contributed by atoms with Crippen LogP contribution < -0.4 is 14.2 Å². The summed E-state index contributed by atoms with van der Waals surface area (Å²) in [6.45, 7) is 1.09. The van der Waals surface area contributed by atoms with Crippen molar-refractivity contribution in [1.29, 1.82) is 0 Å². The van der Waals surface area contributed by atoms with Crippen LogP contribution >= 0.6 is 0 Å². The molecule has 3 heterocycles. The van der Waals surface area contributed by atoms with Crippen LogP contribution in [0.15, 0.2) is 47.4 Å². The molecule has 7 rings (SSSR count). The number of fused-ring (bicyclic) bond motifs is 2. The standard InChI is InChI=1S/C25H28N2O5S/c28-25(27-14-19-7-17-6-18(8-19)10-21(27)9-17)20-2-1-3-22(12-20)33(29,30)26-13-16-4-5-23-24(11-16)32-15-31-23/h1-5,11-12,17-19,21,26H,6-10,13-15H2. The third kappa shape index (κ3) is 3.99. The van der Waals surface area contributed by atoms with Gasteiger partial charge in [-0.05, 0) is 85.8 Å². The number of carbonyl (C=O) groups excluding carboxylic acids is 1. The predicted molar refractivity (Wildman–Crippen MR) is 121 cm³/mol. The van der Waals surface area contributed by atoms with Gasteiger partial charge in [-0.2, -0.15) is 0 Å². The number of rotatable bonds is 5. The number of amides is 1. The smallest absolute Gasteiger partial charge is 0.254 e. The highest BCUT2D eigenvalue weighted by atomic mass is 32.2. The van der Waals surface area contributed by atoms with Gasteiger partial charge in [0, 0.05) is 24.7 Å². The minimum atomic E-state index is -3.78. The molecule has 2 aliphatic carbocycles. The lowest BCUT2D eigenvalue weighted by Crippen LogP contribution is -2.42. The Labute approximate surface area is 194 Å². The molecule has 2 unspecified atom stereocenters. The summed E-state index contributed by atoms with van der Waals surface area (Å²) in [6.07, 6.45) is 5.96. The fraction of sp³-hybridized carbons (Fsp3) is 0.480. The first-order chi connectivity index (χ1) is 15.9. The van der Waals surface area contributed by atoms with Crippen molar-refractivity contribution in [1.82, 2.24) is 9.62 Å². The van der Waals surface area contributed by atoms with Crippen molar-refractivity contribution in [2.75, 3.05) is 13.3 Å². The molecule has 174 valence electrons. The molecule has 1 amide bonds. The second-order valence-corrected chi connectivity index (χ2v) is 11.7. The Morgan fingerprint density at radius 3 is 2.52 bits per heavy atom. The minimum absolute atomic E-state index is 0.0407. The maximum atomic E-state index is 13.5. The van der Waals surface area contributed by atoms with Crippen LogP contribution in [0.25, 0.3) is 0 Å². The Morgan fingerprint density at radius 2 is 1.70 bits per heavy atom. The number of nitrogens with one attached hydrogen (secondary N) is 1. The first-order valence-electron chi connectivity index (χ1n) is 11.7. The number of hydrogen-bond donors (Lipinski definition) is 1. The molecule has 8 heteroatoms. The summed E-state index contributed by atoms with van der Waals surface area (Å²) in [5.74, 6) is 3.30. The van der Waals surface area contributed by atoms with Crippen LogP contribution in [0, 0.1) is 17.8 Å². The molecular formula is C25H28N2O5S. The molecule has 1 N–H and O–H groups in total. The summed E-state index contributed by atoms with van der Waals surface area (Å²) in [6, 6.07) is 12.1. The molecule has 4 fully saturated rings. The van der Waals surface area contributed by atoms with E-state index in [9.17, 15) is 13.2 Å². The van der Waals surface area contributed by atoms with Gasteiger partial charge >= 0.3 is 0 Å². The monoisotopic (exact) mass is 468 g/mol. The number of benzene rings is 2. The van der Waals surface area contributed by atoms with Gasteiger partial charge in [0.25, 0.3) is 5.91 Å². The van der Waals surface area contributed by atoms with Gasteiger partial charge in [-0.1, -0.05) is 12.1 Å². The summed E-state index contributed by atoms with van der Waals surface area (Å²) in [7, 11) is -3.78. The van der Waals surface area contributed by atoms with Gasteiger partial charge in [-0.3, -0.25) is 4.79 Å². The van der Waals surface area contributed by atoms with Crippen molar-refractivity contribution in [3.63, 3.8) is 0 Å². The SMILES string of the molecule is O=C(c1cccc(S(=O)(=O)NCc2ccc3c(c2)OCO3)c1)N1CC2CC3CC(C2)CC1C3. The zero-order chi connectivity index (χ0) is 22.6. The molecule has 33 heavy (non-hydrogen) atoms. The first kappa shape index (κ1) is 21.0. The van der Waals surface area contributed by atoms with Gasteiger partial charge in [0.2, 0.25) is 16.8 Å². The van der Waals surface area contributed by atoms with Gasteiger partial charge in [-0.15, -0.1) is 0 Å². The van der Waals surface area contributed by atoms with Crippen LogP contribution in [0.3, 0.4) is 0 Å². The molecule has 7 nitrogen and oxygen atoms in total. The van der Waals surface area contributed by atoms with Gasteiger partial charge in [0.1, 0.15) is 0 Å². The molecule has 0 radical (unpaired) electrons. The predicted octanol–water partition coefficient (Wildman–Crippen LogP) is 3.54. The van der Waals surface area contributed by atoms with E-state index < -0.39 is 10.0 Å². The van der Waals surface area contributed by atoms with E-state index in [4.69, 9.17) is 9.47 Å². The zero-order valence-corrected chi connectivity index (χ0v) is 19.2. The Bertz CT molecular complexity index is 1180. The van der Waals surface area contributed by atoms with Crippen molar-refractivity contribution in [2.45, 2.75) is 49.6 Å². The lowest BCUT2D eigenvalue weighted by atomic mass is 9.68. The highest BCUT2D eigenvalue weighted by molar-refractivity contribution is 7.89. The summed E-state index contributed by atoms with van der Waals surface area (Å²) >= 11 is 0. The maximum Gasteiger partial charge on any atom is 0.254 e. The van der Waals surface area contributed by atoms with E-state index in [0.717, 1.165) is 36.8 Å². The number of sulfonamides is 1.